The summed E-state index contributed by atoms with van der Waals surface area (Å²) in [5.74, 6) is -0.700. The molecule has 1 N–H and O–H groups in total. The first-order valence-corrected chi connectivity index (χ1v) is 12.7. The van der Waals surface area contributed by atoms with Crippen molar-refractivity contribution < 1.29 is 26.4 Å². The van der Waals surface area contributed by atoms with Gasteiger partial charge < -0.3 is 5.32 Å². The van der Waals surface area contributed by atoms with Crippen molar-refractivity contribution in [1.82, 2.24) is 14.2 Å². The van der Waals surface area contributed by atoms with Crippen molar-refractivity contribution in [2.75, 3.05) is 13.1 Å². The highest BCUT2D eigenvalue weighted by Crippen LogP contribution is 2.30. The first-order valence-electron chi connectivity index (χ1n) is 11.3. The van der Waals surface area contributed by atoms with Gasteiger partial charge in [0.15, 0.2) is 0 Å². The Bertz CT molecular complexity index is 1440. The van der Waals surface area contributed by atoms with Crippen LogP contribution in [0.15, 0.2) is 70.4 Å². The summed E-state index contributed by atoms with van der Waals surface area (Å²) in [6, 6.07) is 13.2. The van der Waals surface area contributed by atoms with Gasteiger partial charge >= 0.3 is 6.18 Å². The molecular formula is C25H24F3N3O4S. The molecule has 4 rings (SSSR count). The summed E-state index contributed by atoms with van der Waals surface area (Å²) in [6.07, 6.45) is -2.92. The van der Waals surface area contributed by atoms with Crippen LogP contribution in [0.1, 0.15) is 40.0 Å². The van der Waals surface area contributed by atoms with Crippen LogP contribution in [0.25, 0.3) is 5.69 Å². The molecule has 0 bridgehead atoms. The van der Waals surface area contributed by atoms with Crippen molar-refractivity contribution in [3.63, 3.8) is 0 Å². The van der Waals surface area contributed by atoms with Gasteiger partial charge in [-0.1, -0.05) is 18.2 Å². The molecule has 0 radical (unpaired) electrons. The monoisotopic (exact) mass is 519 g/mol. The predicted molar refractivity (Wildman–Crippen MR) is 127 cm³/mol. The Morgan fingerprint density at radius 2 is 1.67 bits per heavy atom. The van der Waals surface area contributed by atoms with Crippen LogP contribution in [0.2, 0.25) is 0 Å². The van der Waals surface area contributed by atoms with E-state index in [4.69, 9.17) is 0 Å². The molecule has 190 valence electrons. The van der Waals surface area contributed by atoms with Gasteiger partial charge in [0.2, 0.25) is 10.0 Å². The second-order valence-corrected chi connectivity index (χ2v) is 10.5. The van der Waals surface area contributed by atoms with Crippen molar-refractivity contribution in [2.45, 2.75) is 37.4 Å². The highest BCUT2D eigenvalue weighted by molar-refractivity contribution is 7.89. The highest BCUT2D eigenvalue weighted by atomic mass is 32.2. The first kappa shape index (κ1) is 25.6. The number of benzene rings is 2. The topological polar surface area (TPSA) is 88.5 Å². The molecule has 0 aliphatic carbocycles. The third-order valence-corrected chi connectivity index (χ3v) is 7.95. The fraction of sp³-hybridized carbons (Fsp3) is 0.280. The molecule has 11 heteroatoms. The second-order valence-electron chi connectivity index (χ2n) is 8.51. The number of nitrogens with one attached hydrogen (secondary N) is 1. The van der Waals surface area contributed by atoms with Gasteiger partial charge in [0.25, 0.3) is 11.5 Å². The van der Waals surface area contributed by atoms with E-state index in [0.717, 1.165) is 29.5 Å². The van der Waals surface area contributed by atoms with Gasteiger partial charge in [-0.05, 0) is 67.8 Å². The Kier molecular flexibility index (Phi) is 7.05. The molecule has 0 spiro atoms. The summed E-state index contributed by atoms with van der Waals surface area (Å²) in [6.45, 7) is 2.57. The molecule has 3 aromatic rings. The molecule has 1 aliphatic rings. The summed E-state index contributed by atoms with van der Waals surface area (Å²) in [4.78, 5) is 26.0. The zero-order valence-electron chi connectivity index (χ0n) is 19.4. The van der Waals surface area contributed by atoms with Crippen molar-refractivity contribution in [1.29, 1.82) is 0 Å². The molecule has 2 aromatic carbocycles. The fourth-order valence-electron chi connectivity index (χ4n) is 4.08. The third-order valence-electron chi connectivity index (χ3n) is 6.03. The smallest absolute Gasteiger partial charge is 0.348 e. The molecule has 1 saturated heterocycles. The summed E-state index contributed by atoms with van der Waals surface area (Å²) in [5.41, 5.74) is -0.905. The SMILES string of the molecule is Cc1ccc(C(=O)NCc2ccc(S(=O)(=O)N3CCCC3)cc2)c(=O)n1-c1cccc(C(F)(F)F)c1. The van der Waals surface area contributed by atoms with Crippen LogP contribution in [0, 0.1) is 6.92 Å². The number of aryl methyl sites for hydroxylation is 1. The lowest BCUT2D eigenvalue weighted by atomic mass is 10.1. The highest BCUT2D eigenvalue weighted by Gasteiger charge is 2.31. The number of hydrogen-bond acceptors (Lipinski definition) is 4. The summed E-state index contributed by atoms with van der Waals surface area (Å²) >= 11 is 0. The largest absolute Gasteiger partial charge is 0.416 e. The maximum Gasteiger partial charge on any atom is 0.416 e. The number of halogens is 3. The van der Waals surface area contributed by atoms with E-state index in [9.17, 15) is 31.2 Å². The summed E-state index contributed by atoms with van der Waals surface area (Å²) in [7, 11) is -3.55. The Labute approximate surface area is 206 Å². The van der Waals surface area contributed by atoms with E-state index in [1.807, 2.05) is 0 Å². The minimum Gasteiger partial charge on any atom is -0.348 e. The number of pyridine rings is 1. The maximum absolute atomic E-state index is 13.1. The van der Waals surface area contributed by atoms with Gasteiger partial charge in [-0.3, -0.25) is 14.2 Å². The normalized spacial score (nSPS) is 14.7. The average Bonchev–Trinajstić information content (AvgIpc) is 3.39. The van der Waals surface area contributed by atoms with E-state index < -0.39 is 33.2 Å². The molecule has 36 heavy (non-hydrogen) atoms. The van der Waals surface area contributed by atoms with Crippen LogP contribution < -0.4 is 10.9 Å². The van der Waals surface area contributed by atoms with Crippen molar-refractivity contribution in [3.8, 4) is 5.69 Å². The predicted octanol–water partition coefficient (Wildman–Crippen LogP) is 3.88. The molecular weight excluding hydrogens is 495 g/mol. The lowest BCUT2D eigenvalue weighted by molar-refractivity contribution is -0.137. The number of hydrogen-bond donors (Lipinski definition) is 1. The molecule has 1 fully saturated rings. The van der Waals surface area contributed by atoms with Crippen molar-refractivity contribution in [3.05, 3.63) is 93.4 Å². The Balaban J connectivity index is 1.52. The molecule has 1 aliphatic heterocycles. The number of amides is 1. The standard InChI is InChI=1S/C25H24F3N3O4S/c1-17-7-12-22(24(33)31(17)20-6-4-5-19(15-20)25(26,27)28)23(32)29-16-18-8-10-21(11-9-18)36(34,35)30-13-2-3-14-30/h4-12,15H,2-3,13-14,16H2,1H3,(H,29,32). The Morgan fingerprint density at radius 3 is 2.31 bits per heavy atom. The molecule has 7 nitrogen and oxygen atoms in total. The quantitative estimate of drug-likeness (QED) is 0.536. The Hall–Kier alpha value is -3.44. The minimum absolute atomic E-state index is 0.00299. The number of nitrogens with zero attached hydrogens (tertiary/aromatic N) is 2. The maximum atomic E-state index is 13.1. The summed E-state index contributed by atoms with van der Waals surface area (Å²) in [5, 5.41) is 2.61. The van der Waals surface area contributed by atoms with Gasteiger partial charge in [0.05, 0.1) is 10.5 Å². The van der Waals surface area contributed by atoms with E-state index in [-0.39, 0.29) is 22.7 Å². The molecule has 1 aromatic heterocycles. The second kappa shape index (κ2) is 9.90. The van der Waals surface area contributed by atoms with Gasteiger partial charge in [0.1, 0.15) is 5.56 Å². The lowest BCUT2D eigenvalue weighted by Gasteiger charge is -2.16. The molecule has 0 unspecified atom stereocenters. The third kappa shape index (κ3) is 5.21. The number of aromatic nitrogens is 1. The summed E-state index contributed by atoms with van der Waals surface area (Å²) < 4.78 is 67.2. The van der Waals surface area contributed by atoms with Gasteiger partial charge in [0, 0.05) is 31.0 Å². The number of alkyl halides is 3. The van der Waals surface area contributed by atoms with Crippen LogP contribution in [-0.2, 0) is 22.7 Å². The number of carbonyl (C=O) groups excluding carboxylic acids is 1. The van der Waals surface area contributed by atoms with Crippen LogP contribution in [0.5, 0.6) is 0 Å². The van der Waals surface area contributed by atoms with E-state index >= 15 is 0 Å². The lowest BCUT2D eigenvalue weighted by Crippen LogP contribution is -2.33. The average molecular weight is 520 g/mol. The van der Waals surface area contributed by atoms with E-state index in [1.165, 1.54) is 40.7 Å². The molecule has 0 saturated carbocycles. The number of rotatable bonds is 6. The van der Waals surface area contributed by atoms with Crippen LogP contribution >= 0.6 is 0 Å². The molecule has 1 amide bonds. The van der Waals surface area contributed by atoms with Gasteiger partial charge in [-0.2, -0.15) is 17.5 Å². The number of sulfonamides is 1. The van der Waals surface area contributed by atoms with Crippen molar-refractivity contribution >= 4 is 15.9 Å². The fourth-order valence-corrected chi connectivity index (χ4v) is 5.60. The van der Waals surface area contributed by atoms with Gasteiger partial charge in [-0.25, -0.2) is 8.42 Å². The first-order chi connectivity index (χ1) is 17.0. The van der Waals surface area contributed by atoms with Crippen LogP contribution in [0.4, 0.5) is 13.2 Å². The number of carbonyl (C=O) groups is 1. The zero-order chi connectivity index (χ0) is 26.1. The van der Waals surface area contributed by atoms with Crippen LogP contribution in [0.3, 0.4) is 0 Å². The molecule has 2 heterocycles. The van der Waals surface area contributed by atoms with E-state index in [0.29, 0.717) is 24.3 Å². The molecule has 0 atom stereocenters. The Morgan fingerprint density at radius 1 is 1.00 bits per heavy atom. The van der Waals surface area contributed by atoms with Crippen LogP contribution in [-0.4, -0.2) is 36.3 Å². The minimum atomic E-state index is -4.58. The zero-order valence-corrected chi connectivity index (χ0v) is 20.2. The van der Waals surface area contributed by atoms with E-state index in [2.05, 4.69) is 5.32 Å². The van der Waals surface area contributed by atoms with Crippen molar-refractivity contribution in [2.24, 2.45) is 0 Å². The van der Waals surface area contributed by atoms with E-state index in [1.54, 1.807) is 19.1 Å². The van der Waals surface area contributed by atoms with Gasteiger partial charge in [-0.15, -0.1) is 0 Å².